The molecule has 2 aliphatic rings. The van der Waals surface area contributed by atoms with Gasteiger partial charge in [0.1, 0.15) is 0 Å². The van der Waals surface area contributed by atoms with Crippen molar-refractivity contribution in [3.63, 3.8) is 0 Å². The van der Waals surface area contributed by atoms with Crippen LogP contribution in [0.15, 0.2) is 133 Å². The Morgan fingerprint density at radius 1 is 0.281 bits per heavy atom. The molecule has 8 aromatic rings. The van der Waals surface area contributed by atoms with Crippen LogP contribution in [0.2, 0.25) is 0 Å². The van der Waals surface area contributed by atoms with Gasteiger partial charge >= 0.3 is 0 Å². The van der Waals surface area contributed by atoms with E-state index >= 15 is 0 Å². The highest BCUT2D eigenvalue weighted by molar-refractivity contribution is 6.22. The summed E-state index contributed by atoms with van der Waals surface area (Å²) in [5.41, 5.74) is 12.9. The molecular formula is C62H58O2. The highest BCUT2D eigenvalue weighted by atomic mass is 16.1. The van der Waals surface area contributed by atoms with Crippen molar-refractivity contribution in [2.75, 3.05) is 0 Å². The van der Waals surface area contributed by atoms with Crippen molar-refractivity contribution >= 4 is 55.0 Å². The molecule has 8 aromatic carbocycles. The van der Waals surface area contributed by atoms with Crippen molar-refractivity contribution in [3.8, 4) is 0 Å². The van der Waals surface area contributed by atoms with E-state index in [1.807, 2.05) is 0 Å². The molecule has 0 aromatic heterocycles. The number of fused-ring (bicyclic) bond motifs is 7. The summed E-state index contributed by atoms with van der Waals surface area (Å²) >= 11 is 0. The fourth-order valence-corrected chi connectivity index (χ4v) is 10.2. The maximum atomic E-state index is 15.0. The zero-order valence-corrected chi connectivity index (χ0v) is 39.5. The Kier molecular flexibility index (Phi) is 9.14. The molecule has 0 N–H and O–H groups in total. The van der Waals surface area contributed by atoms with Gasteiger partial charge in [0.15, 0.2) is 11.6 Å². The number of carbonyl (C=O) groups is 2. The Morgan fingerprint density at radius 2 is 0.547 bits per heavy atom. The minimum absolute atomic E-state index is 0.0709. The van der Waals surface area contributed by atoms with E-state index < -0.39 is 0 Å². The normalized spacial score (nSPS) is 14.2. The van der Waals surface area contributed by atoms with Crippen LogP contribution in [0.4, 0.5) is 0 Å². The average Bonchev–Trinajstić information content (AvgIpc) is 3.24. The van der Waals surface area contributed by atoms with Crippen molar-refractivity contribution in [2.45, 2.75) is 105 Å². The number of benzene rings is 8. The maximum Gasteiger partial charge on any atom is 0.194 e. The molecule has 2 nitrogen and oxygen atoms in total. The van der Waals surface area contributed by atoms with Gasteiger partial charge in [0.25, 0.3) is 0 Å². The molecule has 318 valence electrons. The SMILES string of the molecule is CC(C)(C)c1ccc2c(c1)C(=O)c1cc(C(C)(C)C)ccc1C2=c1c2ccccc2c(=C2c3ccc(C(C)(C)C)cc3C(=O)c3cc(C(C)(C)C)ccc32)c2cc3ccccc3cc12. The van der Waals surface area contributed by atoms with Crippen LogP contribution < -0.4 is 10.4 Å². The summed E-state index contributed by atoms with van der Waals surface area (Å²) in [5, 5.41) is 8.94. The molecule has 2 aliphatic carbocycles. The highest BCUT2D eigenvalue weighted by Gasteiger charge is 2.34. The first-order chi connectivity index (χ1) is 30.1. The summed E-state index contributed by atoms with van der Waals surface area (Å²) in [6.07, 6.45) is 0. The third-order valence-corrected chi connectivity index (χ3v) is 14.0. The van der Waals surface area contributed by atoms with Crippen LogP contribution in [0.3, 0.4) is 0 Å². The Hall–Kier alpha value is -6.38. The van der Waals surface area contributed by atoms with E-state index in [1.165, 1.54) is 0 Å². The zero-order chi connectivity index (χ0) is 45.4. The standard InChI is InChI=1S/C62H58O2/c1-59(2,3)37-21-25-43-49(31-37)57(63)50-32-38(60(4,5)6)22-26-44(50)53(43)55-41-19-15-16-20-42(41)56(48-30-36-18-14-13-17-35(36)29-47(48)55)54-45-27-23-39(61(7,8)9)33-51(45)58(64)52-34-40(62(10,11)12)24-28-46(52)54/h13-34H,1-12H3. The van der Waals surface area contributed by atoms with Gasteiger partial charge in [-0.1, -0.05) is 180 Å². The first-order valence-corrected chi connectivity index (χ1v) is 22.9. The van der Waals surface area contributed by atoms with E-state index in [1.54, 1.807) is 0 Å². The van der Waals surface area contributed by atoms with Crippen molar-refractivity contribution in [2.24, 2.45) is 0 Å². The summed E-state index contributed by atoms with van der Waals surface area (Å²) in [6.45, 7) is 26.5. The van der Waals surface area contributed by atoms with E-state index in [2.05, 4.69) is 217 Å². The second-order valence-corrected chi connectivity index (χ2v) is 22.5. The minimum Gasteiger partial charge on any atom is -0.289 e. The Balaban J connectivity index is 1.49. The average molecular weight is 835 g/mol. The van der Waals surface area contributed by atoms with Crippen LogP contribution >= 0.6 is 0 Å². The molecule has 10 rings (SSSR count). The van der Waals surface area contributed by atoms with Gasteiger partial charge < -0.3 is 0 Å². The number of ketones is 2. The quantitative estimate of drug-likeness (QED) is 0.143. The summed E-state index contributed by atoms with van der Waals surface area (Å²) in [6, 6.07) is 48.5. The van der Waals surface area contributed by atoms with Crippen molar-refractivity contribution in [3.05, 3.63) is 211 Å². The Bertz CT molecular complexity index is 3120. The van der Waals surface area contributed by atoms with Crippen LogP contribution in [0.1, 0.15) is 159 Å². The van der Waals surface area contributed by atoms with E-state index in [0.29, 0.717) is 0 Å². The summed E-state index contributed by atoms with van der Waals surface area (Å²) in [4.78, 5) is 30.0. The monoisotopic (exact) mass is 834 g/mol. The van der Waals surface area contributed by atoms with E-state index in [0.717, 1.165) is 121 Å². The molecule has 0 fully saturated rings. The van der Waals surface area contributed by atoms with Gasteiger partial charge in [-0.2, -0.15) is 0 Å². The van der Waals surface area contributed by atoms with Crippen molar-refractivity contribution < 1.29 is 9.59 Å². The number of hydrogen-bond acceptors (Lipinski definition) is 2. The fourth-order valence-electron chi connectivity index (χ4n) is 10.2. The molecular weight excluding hydrogens is 777 g/mol. The molecule has 0 atom stereocenters. The fraction of sp³-hybridized carbons (Fsp3) is 0.258. The number of carbonyl (C=O) groups excluding carboxylic acids is 2. The molecule has 0 aliphatic heterocycles. The zero-order valence-electron chi connectivity index (χ0n) is 39.5. The summed E-state index contributed by atoms with van der Waals surface area (Å²) in [7, 11) is 0. The maximum absolute atomic E-state index is 15.0. The molecule has 0 radical (unpaired) electrons. The third kappa shape index (κ3) is 6.51. The van der Waals surface area contributed by atoms with Gasteiger partial charge in [-0.15, -0.1) is 0 Å². The van der Waals surface area contributed by atoms with Gasteiger partial charge in [-0.3, -0.25) is 9.59 Å². The predicted molar refractivity (Wildman–Crippen MR) is 269 cm³/mol. The lowest BCUT2D eigenvalue weighted by atomic mass is 9.73. The van der Waals surface area contributed by atoms with Crippen molar-refractivity contribution in [1.82, 2.24) is 0 Å². The largest absolute Gasteiger partial charge is 0.289 e. The second kappa shape index (κ2) is 14.1. The molecule has 64 heavy (non-hydrogen) atoms. The minimum atomic E-state index is -0.143. The smallest absolute Gasteiger partial charge is 0.194 e. The van der Waals surface area contributed by atoms with E-state index in [-0.39, 0.29) is 33.2 Å². The van der Waals surface area contributed by atoms with Crippen molar-refractivity contribution in [1.29, 1.82) is 0 Å². The lowest BCUT2D eigenvalue weighted by Crippen LogP contribution is -2.27. The molecule has 0 spiro atoms. The van der Waals surface area contributed by atoms with Crippen LogP contribution in [0.5, 0.6) is 0 Å². The van der Waals surface area contributed by atoms with Crippen LogP contribution in [0, 0.1) is 0 Å². The third-order valence-electron chi connectivity index (χ3n) is 14.0. The molecule has 0 heterocycles. The first-order valence-electron chi connectivity index (χ1n) is 22.9. The summed E-state index contributed by atoms with van der Waals surface area (Å²) in [5.74, 6) is 0.142. The first kappa shape index (κ1) is 41.6. The van der Waals surface area contributed by atoms with E-state index in [9.17, 15) is 9.59 Å². The Morgan fingerprint density at radius 3 is 0.812 bits per heavy atom. The predicted octanol–water partition coefficient (Wildman–Crippen LogP) is 13.9. The van der Waals surface area contributed by atoms with Gasteiger partial charge in [0.05, 0.1) is 0 Å². The Labute approximate surface area is 378 Å². The second-order valence-electron chi connectivity index (χ2n) is 22.5. The van der Waals surface area contributed by atoms with Gasteiger partial charge in [0, 0.05) is 22.3 Å². The van der Waals surface area contributed by atoms with Gasteiger partial charge in [0.2, 0.25) is 0 Å². The van der Waals surface area contributed by atoms with Gasteiger partial charge in [-0.25, -0.2) is 0 Å². The molecule has 0 saturated carbocycles. The molecule has 0 unspecified atom stereocenters. The lowest BCUT2D eigenvalue weighted by Gasteiger charge is -2.29. The van der Waals surface area contributed by atoms with Gasteiger partial charge in [-0.05, 0) is 156 Å². The number of hydrogen-bond donors (Lipinski definition) is 0. The molecule has 2 heteroatoms. The molecule has 0 saturated heterocycles. The number of rotatable bonds is 0. The topological polar surface area (TPSA) is 34.1 Å². The highest BCUT2D eigenvalue weighted by Crippen LogP contribution is 2.42. The van der Waals surface area contributed by atoms with E-state index in [4.69, 9.17) is 0 Å². The van der Waals surface area contributed by atoms with Crippen LogP contribution in [0.25, 0.3) is 43.5 Å². The summed E-state index contributed by atoms with van der Waals surface area (Å²) < 4.78 is 0. The lowest BCUT2D eigenvalue weighted by molar-refractivity contribution is 0.102. The molecule has 0 bridgehead atoms. The van der Waals surface area contributed by atoms with Crippen LogP contribution in [-0.2, 0) is 21.7 Å². The molecule has 0 amide bonds. The van der Waals surface area contributed by atoms with Crippen LogP contribution in [-0.4, -0.2) is 11.6 Å².